The number of nitrogens with zero attached hydrogens (tertiary/aromatic N) is 2. The summed E-state index contributed by atoms with van der Waals surface area (Å²) in [6.45, 7) is 7.98. The number of carbonyl (C=O) groups excluding carboxylic acids is 1. The summed E-state index contributed by atoms with van der Waals surface area (Å²) in [5, 5.41) is 9.12. The zero-order valence-corrected chi connectivity index (χ0v) is 13.7. The van der Waals surface area contributed by atoms with Gasteiger partial charge in [-0.15, -0.1) is 6.58 Å². The van der Waals surface area contributed by atoms with E-state index in [1.54, 1.807) is 31.9 Å². The van der Waals surface area contributed by atoms with E-state index < -0.39 is 18.0 Å². The third-order valence-corrected chi connectivity index (χ3v) is 3.92. The molecule has 1 amide bonds. The van der Waals surface area contributed by atoms with E-state index in [0.717, 1.165) is 5.69 Å². The minimum atomic E-state index is -0.846. The van der Waals surface area contributed by atoms with Crippen molar-refractivity contribution >= 4 is 23.3 Å². The van der Waals surface area contributed by atoms with Crippen LogP contribution in [0.4, 0.5) is 11.4 Å². The first-order valence-electron chi connectivity index (χ1n) is 7.52. The zero-order valence-electron chi connectivity index (χ0n) is 13.7. The van der Waals surface area contributed by atoms with Crippen LogP contribution in [0.3, 0.4) is 0 Å². The smallest absolute Gasteiger partial charge is 0.308 e. The van der Waals surface area contributed by atoms with E-state index in [0.29, 0.717) is 24.5 Å². The predicted molar refractivity (Wildman–Crippen MR) is 89.2 cm³/mol. The Bertz CT molecular complexity index is 629. The van der Waals surface area contributed by atoms with Gasteiger partial charge in [0.05, 0.1) is 11.6 Å². The van der Waals surface area contributed by atoms with Crippen molar-refractivity contribution in [2.45, 2.75) is 20.0 Å². The minimum Gasteiger partial charge on any atom is -0.481 e. The molecule has 0 bridgehead atoms. The van der Waals surface area contributed by atoms with Crippen molar-refractivity contribution in [3.05, 3.63) is 30.9 Å². The van der Waals surface area contributed by atoms with E-state index in [2.05, 4.69) is 6.58 Å². The summed E-state index contributed by atoms with van der Waals surface area (Å²) in [5.41, 5.74) is 1.51. The Labute approximate surface area is 136 Å². The van der Waals surface area contributed by atoms with Gasteiger partial charge in [-0.3, -0.25) is 9.59 Å². The van der Waals surface area contributed by atoms with Crippen LogP contribution in [-0.4, -0.2) is 43.2 Å². The van der Waals surface area contributed by atoms with Gasteiger partial charge in [0.15, 0.2) is 6.10 Å². The number of benzene rings is 1. The molecular weight excluding hydrogens is 296 g/mol. The van der Waals surface area contributed by atoms with E-state index in [1.165, 1.54) is 0 Å². The Morgan fingerprint density at radius 3 is 2.87 bits per heavy atom. The largest absolute Gasteiger partial charge is 0.481 e. The number of rotatable bonds is 6. The number of carboxylic acids is 1. The number of amides is 1. The van der Waals surface area contributed by atoms with E-state index >= 15 is 0 Å². The lowest BCUT2D eigenvalue weighted by Crippen LogP contribution is -2.42. The third-order valence-electron chi connectivity index (χ3n) is 3.92. The van der Waals surface area contributed by atoms with Gasteiger partial charge in [-0.1, -0.05) is 13.0 Å². The second-order valence-corrected chi connectivity index (χ2v) is 5.74. The summed E-state index contributed by atoms with van der Waals surface area (Å²) >= 11 is 0. The molecule has 0 saturated heterocycles. The molecule has 0 aromatic heterocycles. The standard InChI is InChI=1S/C17H22N2O4/c1-5-8-19(10-11(2)17(21)22)13-6-7-15-14(9-13)18(4)16(20)12(3)23-15/h5-7,9,11-12H,1,8,10H2,2-4H3,(H,21,22). The second-order valence-electron chi connectivity index (χ2n) is 5.74. The molecule has 1 aliphatic rings. The summed E-state index contributed by atoms with van der Waals surface area (Å²) in [7, 11) is 1.71. The van der Waals surface area contributed by atoms with Gasteiger partial charge in [-0.25, -0.2) is 0 Å². The number of carboxylic acid groups (broad SMARTS) is 1. The van der Waals surface area contributed by atoms with Gasteiger partial charge in [0.1, 0.15) is 5.75 Å². The maximum absolute atomic E-state index is 12.1. The molecule has 6 nitrogen and oxygen atoms in total. The molecule has 0 saturated carbocycles. The number of carbonyl (C=O) groups is 2. The fourth-order valence-electron chi connectivity index (χ4n) is 2.55. The predicted octanol–water partition coefficient (Wildman–Crippen LogP) is 2.14. The molecule has 0 fully saturated rings. The summed E-state index contributed by atoms with van der Waals surface area (Å²) in [6.07, 6.45) is 1.22. The summed E-state index contributed by atoms with van der Waals surface area (Å²) in [4.78, 5) is 26.7. The van der Waals surface area contributed by atoms with Crippen LogP contribution in [0.25, 0.3) is 0 Å². The van der Waals surface area contributed by atoms with Gasteiger partial charge in [0.25, 0.3) is 5.91 Å². The fraction of sp³-hybridized carbons (Fsp3) is 0.412. The van der Waals surface area contributed by atoms with Crippen molar-refractivity contribution in [1.29, 1.82) is 0 Å². The van der Waals surface area contributed by atoms with Crippen LogP contribution in [0.2, 0.25) is 0 Å². The maximum Gasteiger partial charge on any atom is 0.308 e. The molecule has 0 radical (unpaired) electrons. The first-order valence-corrected chi connectivity index (χ1v) is 7.52. The molecule has 1 aromatic rings. The quantitative estimate of drug-likeness (QED) is 0.814. The minimum absolute atomic E-state index is 0.108. The first kappa shape index (κ1) is 16.9. The Morgan fingerprint density at radius 1 is 1.57 bits per heavy atom. The van der Waals surface area contributed by atoms with Crippen LogP contribution < -0.4 is 14.5 Å². The van der Waals surface area contributed by atoms with E-state index in [1.807, 2.05) is 23.1 Å². The molecule has 1 aliphatic heterocycles. The van der Waals surface area contributed by atoms with Crippen molar-refractivity contribution in [3.63, 3.8) is 0 Å². The van der Waals surface area contributed by atoms with E-state index in [-0.39, 0.29) is 5.91 Å². The highest BCUT2D eigenvalue weighted by Gasteiger charge is 2.29. The van der Waals surface area contributed by atoms with E-state index in [4.69, 9.17) is 9.84 Å². The Kier molecular flexibility index (Phi) is 4.93. The molecule has 0 spiro atoms. The van der Waals surface area contributed by atoms with Crippen LogP contribution >= 0.6 is 0 Å². The topological polar surface area (TPSA) is 70.1 Å². The van der Waals surface area contributed by atoms with Crippen LogP contribution in [0.15, 0.2) is 30.9 Å². The van der Waals surface area contributed by atoms with Crippen LogP contribution in [0.5, 0.6) is 5.75 Å². The van der Waals surface area contributed by atoms with Crippen LogP contribution in [0, 0.1) is 5.92 Å². The molecule has 1 aromatic carbocycles. The third kappa shape index (κ3) is 3.47. The Hall–Kier alpha value is -2.50. The van der Waals surface area contributed by atoms with Crippen molar-refractivity contribution < 1.29 is 19.4 Å². The van der Waals surface area contributed by atoms with E-state index in [9.17, 15) is 9.59 Å². The molecule has 1 N–H and O–H groups in total. The SMILES string of the molecule is C=CCN(CC(C)C(=O)O)c1ccc2c(c1)N(C)C(=O)C(C)O2. The summed E-state index contributed by atoms with van der Waals surface area (Å²) in [5.74, 6) is -0.819. The van der Waals surface area contributed by atoms with Gasteiger partial charge >= 0.3 is 5.97 Å². The molecule has 2 atom stereocenters. The van der Waals surface area contributed by atoms with Crippen molar-refractivity contribution in [1.82, 2.24) is 0 Å². The monoisotopic (exact) mass is 318 g/mol. The highest BCUT2D eigenvalue weighted by Crippen LogP contribution is 2.36. The molecule has 1 heterocycles. The van der Waals surface area contributed by atoms with Crippen molar-refractivity contribution in [2.24, 2.45) is 5.92 Å². The van der Waals surface area contributed by atoms with Crippen molar-refractivity contribution in [2.75, 3.05) is 29.9 Å². The van der Waals surface area contributed by atoms with Gasteiger partial charge in [-0.2, -0.15) is 0 Å². The molecular formula is C17H22N2O4. The van der Waals surface area contributed by atoms with Gasteiger partial charge < -0.3 is 19.6 Å². The van der Waals surface area contributed by atoms with Crippen LogP contribution in [0.1, 0.15) is 13.8 Å². The van der Waals surface area contributed by atoms with Gasteiger partial charge in [-0.05, 0) is 25.1 Å². The molecule has 2 unspecified atom stereocenters. The molecule has 6 heteroatoms. The molecule has 2 rings (SSSR count). The lowest BCUT2D eigenvalue weighted by Gasteiger charge is -2.32. The number of fused-ring (bicyclic) bond motifs is 1. The summed E-state index contributed by atoms with van der Waals surface area (Å²) in [6, 6.07) is 5.52. The van der Waals surface area contributed by atoms with Crippen LogP contribution in [-0.2, 0) is 9.59 Å². The van der Waals surface area contributed by atoms with Gasteiger partial charge in [0, 0.05) is 25.8 Å². The first-order chi connectivity index (χ1) is 10.8. The average molecular weight is 318 g/mol. The molecule has 124 valence electrons. The fourth-order valence-corrected chi connectivity index (χ4v) is 2.55. The van der Waals surface area contributed by atoms with Crippen molar-refractivity contribution in [3.8, 4) is 5.75 Å². The molecule has 0 aliphatic carbocycles. The highest BCUT2D eigenvalue weighted by molar-refractivity contribution is 5.99. The number of hydrogen-bond donors (Lipinski definition) is 1. The summed E-state index contributed by atoms with van der Waals surface area (Å²) < 4.78 is 5.60. The highest BCUT2D eigenvalue weighted by atomic mass is 16.5. The zero-order chi connectivity index (χ0) is 17.1. The second kappa shape index (κ2) is 6.73. The number of aliphatic carboxylic acids is 1. The molecule has 23 heavy (non-hydrogen) atoms. The number of ether oxygens (including phenoxy) is 1. The lowest BCUT2D eigenvalue weighted by atomic mass is 10.1. The normalized spacial score (nSPS) is 18.0. The maximum atomic E-state index is 12.1. The lowest BCUT2D eigenvalue weighted by molar-refractivity contribution is -0.140. The van der Waals surface area contributed by atoms with Gasteiger partial charge in [0.2, 0.25) is 0 Å². The number of hydrogen-bond acceptors (Lipinski definition) is 4. The Balaban J connectivity index is 2.33. The number of anilines is 2. The average Bonchev–Trinajstić information content (AvgIpc) is 2.52. The number of likely N-dealkylation sites (N-methyl/N-ethyl adjacent to an activating group) is 1. The Morgan fingerprint density at radius 2 is 2.26 bits per heavy atom.